The second-order valence-electron chi connectivity index (χ2n) is 5.46. The molecule has 0 aliphatic rings. The third kappa shape index (κ3) is 18.0. The van der Waals surface area contributed by atoms with E-state index in [1.165, 1.54) is 18.3 Å². The fourth-order valence-electron chi connectivity index (χ4n) is 1.86. The van der Waals surface area contributed by atoms with E-state index < -0.39 is 16.2 Å². The van der Waals surface area contributed by atoms with Crippen LogP contribution >= 0.6 is 0 Å². The van der Waals surface area contributed by atoms with Gasteiger partial charge in [-0.25, -0.2) is 4.21 Å². The fraction of sp³-hybridized carbons (Fsp3) is 0.222. The first kappa shape index (κ1) is 34.3. The molecular weight excluding hydrogens is 640 g/mol. The topological polar surface area (TPSA) is 178 Å². The van der Waals surface area contributed by atoms with Crippen LogP contribution in [0.25, 0.3) is 0 Å². The molecule has 0 amide bonds. The first-order valence-corrected chi connectivity index (χ1v) is 18.1. The Bertz CT molecular complexity index is 796. The Morgan fingerprint density at radius 2 is 1.42 bits per heavy atom. The molecule has 8 nitrogen and oxygen atoms in total. The van der Waals surface area contributed by atoms with Gasteiger partial charge >= 0.3 is 160 Å². The summed E-state index contributed by atoms with van der Waals surface area (Å²) in [5.41, 5.74) is 22.9. The predicted octanol–water partition coefficient (Wildman–Crippen LogP) is -0.233. The van der Waals surface area contributed by atoms with Crippen molar-refractivity contribution in [3.8, 4) is 0 Å². The number of rotatable bonds is 5. The zero-order valence-electron chi connectivity index (χ0n) is 17.4. The summed E-state index contributed by atoms with van der Waals surface area (Å²) in [4.78, 5) is 8.57. The Kier molecular flexibility index (Phi) is 22.8. The van der Waals surface area contributed by atoms with Crippen molar-refractivity contribution in [3.05, 3.63) is 59.7 Å². The van der Waals surface area contributed by atoms with Crippen LogP contribution in [-0.4, -0.2) is 62.2 Å². The molecule has 10 N–H and O–H groups in total. The van der Waals surface area contributed by atoms with Gasteiger partial charge in [-0.2, -0.15) is 0 Å². The minimum absolute atomic E-state index is 0. The Labute approximate surface area is 204 Å². The Morgan fingerprint density at radius 3 is 1.77 bits per heavy atom. The van der Waals surface area contributed by atoms with E-state index in [9.17, 15) is 4.21 Å². The van der Waals surface area contributed by atoms with Crippen LogP contribution in [0.15, 0.2) is 53.5 Å². The molecule has 0 aliphatic heterocycles. The zero-order valence-corrected chi connectivity index (χ0v) is 23.9. The summed E-state index contributed by atoms with van der Waals surface area (Å²) in [5, 5.41) is 5.46. The number of hydrogen-bond acceptors (Lipinski definition) is 4. The summed E-state index contributed by atoms with van der Waals surface area (Å²) >= 11 is -2.82. The third-order valence-corrected chi connectivity index (χ3v) is 8.75. The number of benzene rings is 2. The van der Waals surface area contributed by atoms with Crippen LogP contribution in [0, 0.1) is 5.41 Å². The van der Waals surface area contributed by atoms with Crippen LogP contribution in [0.2, 0.25) is 9.88 Å². The van der Waals surface area contributed by atoms with Gasteiger partial charge in [0.15, 0.2) is 0 Å². The molecule has 0 fully saturated rings. The number of hydrogen-bond donors (Lipinski definition) is 6. The number of nitrogens with two attached hydrogens (primary N) is 4. The molecule has 4 radical (unpaired) electrons. The van der Waals surface area contributed by atoms with Crippen LogP contribution in [-0.2, 0) is 24.2 Å². The first-order valence-electron chi connectivity index (χ1n) is 8.47. The summed E-state index contributed by atoms with van der Waals surface area (Å²) in [6.45, 7) is 1.27. The molecule has 2 aromatic rings. The van der Waals surface area contributed by atoms with E-state index in [4.69, 9.17) is 27.2 Å². The molecule has 0 spiro atoms. The van der Waals surface area contributed by atoms with Gasteiger partial charge in [0.2, 0.25) is 16.2 Å². The van der Waals surface area contributed by atoms with Crippen LogP contribution in [0.4, 0.5) is 9.41 Å². The van der Waals surface area contributed by atoms with Gasteiger partial charge in [-0.1, -0.05) is 0 Å². The van der Waals surface area contributed by atoms with Crippen molar-refractivity contribution < 1.29 is 18.2 Å². The van der Waals surface area contributed by atoms with Gasteiger partial charge in [0, 0.05) is 0 Å². The van der Waals surface area contributed by atoms with E-state index in [2.05, 4.69) is 63.1 Å². The van der Waals surface area contributed by atoms with Gasteiger partial charge in [-0.05, 0) is 0 Å². The summed E-state index contributed by atoms with van der Waals surface area (Å²) in [7, 11) is 0. The third-order valence-electron chi connectivity index (χ3n) is 3.30. The molecule has 31 heavy (non-hydrogen) atoms. The molecule has 13 heteroatoms. The van der Waals surface area contributed by atoms with E-state index in [1.807, 2.05) is 6.07 Å². The van der Waals surface area contributed by atoms with Gasteiger partial charge in [0.1, 0.15) is 0 Å². The molecule has 172 valence electrons. The minimum atomic E-state index is -2.26. The van der Waals surface area contributed by atoms with Crippen molar-refractivity contribution in [2.75, 3.05) is 0 Å². The molecule has 1 unspecified atom stereocenters. The summed E-state index contributed by atoms with van der Waals surface area (Å²) in [6, 6.07) is 17.1. The van der Waals surface area contributed by atoms with Crippen LogP contribution < -0.4 is 30.1 Å². The molecule has 0 heterocycles. The molecule has 1 atom stereocenters. The molecule has 0 aromatic heterocycles. The van der Waals surface area contributed by atoms with E-state index >= 15 is 0 Å². The predicted molar refractivity (Wildman–Crippen MR) is 130 cm³/mol. The van der Waals surface area contributed by atoms with Crippen molar-refractivity contribution in [2.45, 2.75) is 23.0 Å². The molecule has 0 bridgehead atoms. The average molecular weight is 670 g/mol. The molecule has 0 saturated heterocycles. The van der Waals surface area contributed by atoms with Crippen molar-refractivity contribution in [1.82, 2.24) is 0 Å². The molecular formula is C18H30F2N6O2SSn2. The number of nitrogens with zero attached hydrogens (tertiary/aromatic N) is 1. The second kappa shape index (κ2) is 20.6. The normalized spacial score (nSPS) is 9.81. The number of aliphatic imine (C=N–C) groups is 1. The maximum absolute atomic E-state index is 9.46. The van der Waals surface area contributed by atoms with Gasteiger partial charge < -0.3 is 5.73 Å². The van der Waals surface area contributed by atoms with Crippen LogP contribution in [0.5, 0.6) is 0 Å². The number of nitrogens with one attached hydrogen (secondary N) is 1. The van der Waals surface area contributed by atoms with Crippen molar-refractivity contribution >= 4 is 71.7 Å². The number of halogens is 2. The molecule has 0 saturated carbocycles. The van der Waals surface area contributed by atoms with Gasteiger partial charge in [-0.15, -0.1) is 0 Å². The van der Waals surface area contributed by atoms with E-state index in [0.717, 1.165) is 0 Å². The molecule has 2 aromatic carbocycles. The number of amidine groups is 1. The average Bonchev–Trinajstić information content (AvgIpc) is 2.73. The quantitative estimate of drug-likeness (QED) is 0.111. The Morgan fingerprint density at radius 1 is 1.00 bits per heavy atom. The number of guanidine groups is 1. The SMILES string of the molecule is F.F.N=C(N)S(=O)O.[CH3][Sn][c]1cccc(CN)c1.[CH3][Sn][c]1cccc(CN=C(N)N)c1. The standard InChI is InChI=1S/C8H10N3.C7H8N.CH4N2O2S.2CH3.2FH.2Sn/c9-8(10)11-6-7-4-2-1-3-5-7;8-6-7-4-2-1-3-5-7;2-1(3)6(4)5;;;;;;/h1-2,4-5H,6H2,(H4,9,10,11);1-2,4-5H,6,8H2;(H3,2,3)(H,4,5);2*1H3;2*1H;;. The van der Waals surface area contributed by atoms with Crippen molar-refractivity contribution in [2.24, 2.45) is 27.9 Å². The Balaban J connectivity index is -0.000000392. The van der Waals surface area contributed by atoms with E-state index in [1.54, 1.807) is 0 Å². The van der Waals surface area contributed by atoms with Crippen molar-refractivity contribution in [3.63, 3.8) is 0 Å². The second-order valence-corrected chi connectivity index (χ2v) is 12.5. The Hall–Kier alpha value is -1.29. The summed E-state index contributed by atoms with van der Waals surface area (Å²) < 4.78 is 20.2. The van der Waals surface area contributed by atoms with Gasteiger partial charge in [0.05, 0.1) is 0 Å². The van der Waals surface area contributed by atoms with E-state index in [0.29, 0.717) is 13.1 Å². The summed E-state index contributed by atoms with van der Waals surface area (Å²) in [5.74, 6) is 0.155. The monoisotopic (exact) mass is 672 g/mol. The fourth-order valence-corrected chi connectivity index (χ4v) is 5.24. The first-order chi connectivity index (χ1) is 13.7. The van der Waals surface area contributed by atoms with E-state index in [-0.39, 0.29) is 57.7 Å². The molecule has 0 aliphatic carbocycles. The van der Waals surface area contributed by atoms with Crippen LogP contribution in [0.1, 0.15) is 11.1 Å². The van der Waals surface area contributed by atoms with Gasteiger partial charge in [0.25, 0.3) is 0 Å². The van der Waals surface area contributed by atoms with Crippen molar-refractivity contribution in [1.29, 1.82) is 5.41 Å². The van der Waals surface area contributed by atoms with Gasteiger partial charge in [-0.3, -0.25) is 19.4 Å². The maximum atomic E-state index is 9.46. The zero-order chi connectivity index (χ0) is 22.2. The summed E-state index contributed by atoms with van der Waals surface area (Å²) in [6.07, 6.45) is 0. The van der Waals surface area contributed by atoms with Crippen LogP contribution in [0.3, 0.4) is 0 Å². The molecule has 2 rings (SSSR count).